The van der Waals surface area contributed by atoms with Crippen LogP contribution in [0.3, 0.4) is 0 Å². The summed E-state index contributed by atoms with van der Waals surface area (Å²) in [6, 6.07) is 15.2. The molecule has 0 bridgehead atoms. The Bertz CT molecular complexity index is 535. The van der Waals surface area contributed by atoms with Crippen molar-refractivity contribution >= 4 is 22.4 Å². The number of rotatable bonds is 4. The zero-order valence-corrected chi connectivity index (χ0v) is 12.1. The molecule has 0 radical (unpaired) electrons. The van der Waals surface area contributed by atoms with Crippen molar-refractivity contribution in [2.45, 2.75) is 43.9 Å². The standard InChI is InChI=1S/C18H21Cl/c19-18(16-7-1-2-8-16)13-12-15-10-5-9-14-6-3-4-11-17(14)15/h3-6,9-11,16,18H,1-2,7-8,12-13H2. The highest BCUT2D eigenvalue weighted by atomic mass is 35.5. The van der Waals surface area contributed by atoms with Crippen molar-refractivity contribution in [1.29, 1.82) is 0 Å². The molecule has 1 atom stereocenters. The minimum atomic E-state index is 0.362. The SMILES string of the molecule is ClC(CCc1cccc2ccccc12)C1CCCC1. The van der Waals surface area contributed by atoms with Crippen LogP contribution in [0.15, 0.2) is 42.5 Å². The van der Waals surface area contributed by atoms with Crippen LogP contribution in [0.1, 0.15) is 37.7 Å². The molecule has 1 saturated carbocycles. The van der Waals surface area contributed by atoms with Crippen LogP contribution >= 0.6 is 11.6 Å². The maximum atomic E-state index is 6.59. The van der Waals surface area contributed by atoms with E-state index in [0.29, 0.717) is 5.38 Å². The van der Waals surface area contributed by atoms with Crippen molar-refractivity contribution in [2.75, 3.05) is 0 Å². The van der Waals surface area contributed by atoms with E-state index < -0.39 is 0 Å². The van der Waals surface area contributed by atoms with Crippen molar-refractivity contribution in [3.8, 4) is 0 Å². The van der Waals surface area contributed by atoms with E-state index in [1.54, 1.807) is 0 Å². The molecule has 0 aliphatic heterocycles. The number of halogens is 1. The minimum Gasteiger partial charge on any atom is -0.123 e. The van der Waals surface area contributed by atoms with Gasteiger partial charge in [-0.15, -0.1) is 11.6 Å². The van der Waals surface area contributed by atoms with Gasteiger partial charge in [0.2, 0.25) is 0 Å². The second kappa shape index (κ2) is 5.96. The zero-order valence-electron chi connectivity index (χ0n) is 11.3. The van der Waals surface area contributed by atoms with Gasteiger partial charge in [-0.05, 0) is 47.9 Å². The van der Waals surface area contributed by atoms with Crippen molar-refractivity contribution in [2.24, 2.45) is 5.92 Å². The Morgan fingerprint density at radius 3 is 2.58 bits per heavy atom. The van der Waals surface area contributed by atoms with Crippen LogP contribution in [0, 0.1) is 5.92 Å². The number of hydrogen-bond donors (Lipinski definition) is 0. The quantitative estimate of drug-likeness (QED) is 0.638. The molecule has 2 aromatic carbocycles. The second-order valence-electron chi connectivity index (χ2n) is 5.74. The molecule has 0 amide bonds. The molecule has 1 fully saturated rings. The summed E-state index contributed by atoms with van der Waals surface area (Å²) in [4.78, 5) is 0. The smallest absolute Gasteiger partial charge is 0.0367 e. The molecule has 0 aromatic heterocycles. The molecule has 0 heterocycles. The van der Waals surface area contributed by atoms with Crippen LogP contribution in [0.25, 0.3) is 10.8 Å². The van der Waals surface area contributed by atoms with E-state index in [1.807, 2.05) is 0 Å². The molecular weight excluding hydrogens is 252 g/mol. The molecule has 1 unspecified atom stereocenters. The summed E-state index contributed by atoms with van der Waals surface area (Å²) in [6.45, 7) is 0. The molecule has 0 nitrogen and oxygen atoms in total. The summed E-state index contributed by atoms with van der Waals surface area (Å²) in [5.74, 6) is 0.761. The van der Waals surface area contributed by atoms with E-state index in [-0.39, 0.29) is 0 Å². The van der Waals surface area contributed by atoms with Gasteiger partial charge in [0.25, 0.3) is 0 Å². The predicted octanol–water partition coefficient (Wildman–Crippen LogP) is 5.57. The fraction of sp³-hybridized carbons (Fsp3) is 0.444. The minimum absolute atomic E-state index is 0.362. The van der Waals surface area contributed by atoms with Crippen LogP contribution < -0.4 is 0 Å². The Hall–Kier alpha value is -1.01. The lowest BCUT2D eigenvalue weighted by molar-refractivity contribution is 0.493. The van der Waals surface area contributed by atoms with Crippen molar-refractivity contribution in [1.82, 2.24) is 0 Å². The third kappa shape index (κ3) is 2.95. The molecular formula is C18H21Cl. The molecule has 0 spiro atoms. The van der Waals surface area contributed by atoms with Gasteiger partial charge in [0, 0.05) is 5.38 Å². The van der Waals surface area contributed by atoms with E-state index in [1.165, 1.54) is 42.0 Å². The number of alkyl halides is 1. The first kappa shape index (κ1) is 13.0. The Kier molecular flexibility index (Phi) is 4.08. The molecule has 1 heteroatoms. The van der Waals surface area contributed by atoms with E-state index in [4.69, 9.17) is 11.6 Å². The number of fused-ring (bicyclic) bond motifs is 1. The highest BCUT2D eigenvalue weighted by Crippen LogP contribution is 2.33. The number of benzene rings is 2. The maximum absolute atomic E-state index is 6.59. The van der Waals surface area contributed by atoms with Gasteiger partial charge in [-0.3, -0.25) is 0 Å². The highest BCUT2D eigenvalue weighted by molar-refractivity contribution is 6.20. The molecule has 0 saturated heterocycles. The summed E-state index contributed by atoms with van der Waals surface area (Å²) >= 11 is 6.59. The summed E-state index contributed by atoms with van der Waals surface area (Å²) < 4.78 is 0. The van der Waals surface area contributed by atoms with Crippen LogP contribution in [0.4, 0.5) is 0 Å². The van der Waals surface area contributed by atoms with Crippen LogP contribution in [-0.2, 0) is 6.42 Å². The molecule has 0 N–H and O–H groups in total. The predicted molar refractivity (Wildman–Crippen MR) is 83.9 cm³/mol. The fourth-order valence-corrected chi connectivity index (χ4v) is 3.72. The topological polar surface area (TPSA) is 0 Å². The van der Waals surface area contributed by atoms with Gasteiger partial charge in [-0.25, -0.2) is 0 Å². The average molecular weight is 273 g/mol. The van der Waals surface area contributed by atoms with Gasteiger partial charge in [0.1, 0.15) is 0 Å². The number of aryl methyl sites for hydroxylation is 1. The monoisotopic (exact) mass is 272 g/mol. The Morgan fingerprint density at radius 2 is 1.74 bits per heavy atom. The third-order valence-electron chi connectivity index (χ3n) is 4.48. The summed E-state index contributed by atoms with van der Waals surface area (Å²) in [7, 11) is 0. The lowest BCUT2D eigenvalue weighted by Gasteiger charge is -2.17. The van der Waals surface area contributed by atoms with E-state index in [2.05, 4.69) is 42.5 Å². The first-order chi connectivity index (χ1) is 9.34. The molecule has 100 valence electrons. The van der Waals surface area contributed by atoms with E-state index in [0.717, 1.165) is 18.8 Å². The first-order valence-corrected chi connectivity index (χ1v) is 7.89. The van der Waals surface area contributed by atoms with Crippen LogP contribution in [0.5, 0.6) is 0 Å². The maximum Gasteiger partial charge on any atom is 0.0367 e. The molecule has 3 rings (SSSR count). The van der Waals surface area contributed by atoms with Gasteiger partial charge in [0.15, 0.2) is 0 Å². The Balaban J connectivity index is 1.71. The largest absolute Gasteiger partial charge is 0.123 e. The Labute approximate surface area is 120 Å². The molecule has 1 aliphatic carbocycles. The van der Waals surface area contributed by atoms with Gasteiger partial charge >= 0.3 is 0 Å². The van der Waals surface area contributed by atoms with Crippen molar-refractivity contribution < 1.29 is 0 Å². The lowest BCUT2D eigenvalue weighted by atomic mass is 9.95. The van der Waals surface area contributed by atoms with Gasteiger partial charge in [-0.1, -0.05) is 55.3 Å². The highest BCUT2D eigenvalue weighted by Gasteiger charge is 2.22. The van der Waals surface area contributed by atoms with Gasteiger partial charge in [0.05, 0.1) is 0 Å². The van der Waals surface area contributed by atoms with Gasteiger partial charge in [-0.2, -0.15) is 0 Å². The fourth-order valence-electron chi connectivity index (χ4n) is 3.36. The molecule has 1 aliphatic rings. The third-order valence-corrected chi connectivity index (χ3v) is 5.06. The Morgan fingerprint density at radius 1 is 1.00 bits per heavy atom. The molecule has 2 aromatic rings. The van der Waals surface area contributed by atoms with Crippen LogP contribution in [-0.4, -0.2) is 5.38 Å². The van der Waals surface area contributed by atoms with Crippen LogP contribution in [0.2, 0.25) is 0 Å². The summed E-state index contributed by atoms with van der Waals surface area (Å²) in [5, 5.41) is 3.09. The average Bonchev–Trinajstić information content (AvgIpc) is 2.99. The molecule has 19 heavy (non-hydrogen) atoms. The first-order valence-electron chi connectivity index (χ1n) is 7.45. The zero-order chi connectivity index (χ0) is 13.1. The lowest BCUT2D eigenvalue weighted by Crippen LogP contribution is -2.12. The van der Waals surface area contributed by atoms with Crippen molar-refractivity contribution in [3.05, 3.63) is 48.0 Å². The summed E-state index contributed by atoms with van der Waals surface area (Å²) in [6.07, 6.45) is 7.64. The normalized spacial score (nSPS) is 17.9. The van der Waals surface area contributed by atoms with Crippen molar-refractivity contribution in [3.63, 3.8) is 0 Å². The summed E-state index contributed by atoms with van der Waals surface area (Å²) in [5.41, 5.74) is 1.45. The second-order valence-corrected chi connectivity index (χ2v) is 6.30. The van der Waals surface area contributed by atoms with E-state index in [9.17, 15) is 0 Å². The van der Waals surface area contributed by atoms with E-state index >= 15 is 0 Å². The van der Waals surface area contributed by atoms with Gasteiger partial charge < -0.3 is 0 Å². The number of hydrogen-bond acceptors (Lipinski definition) is 0.